The molecule has 0 spiro atoms. The molecule has 0 unspecified atom stereocenters. The van der Waals surface area contributed by atoms with Crippen LogP contribution in [0.5, 0.6) is 11.5 Å². The standard InChI is InChI=1S/C25H36NO2PSe/c1-16-11-18-15-19-12-17(2)14-21(25(6,7)8)23(19)28-29(30,26(9)10)27-22(18)20(13-16)24(3,4)5/h11-14H,15H2,1-10H3. The van der Waals surface area contributed by atoms with E-state index in [4.69, 9.17) is 9.05 Å². The van der Waals surface area contributed by atoms with Crippen LogP contribution in [-0.4, -0.2) is 33.9 Å². The van der Waals surface area contributed by atoms with Crippen molar-refractivity contribution in [2.75, 3.05) is 14.1 Å². The van der Waals surface area contributed by atoms with Gasteiger partial charge in [0.2, 0.25) is 0 Å². The van der Waals surface area contributed by atoms with Gasteiger partial charge in [0.05, 0.1) is 0 Å². The van der Waals surface area contributed by atoms with Crippen molar-refractivity contribution in [2.45, 2.75) is 72.6 Å². The first-order chi connectivity index (χ1) is 13.6. The molecule has 1 aliphatic heterocycles. The van der Waals surface area contributed by atoms with Crippen LogP contribution in [0, 0.1) is 13.8 Å². The van der Waals surface area contributed by atoms with E-state index in [0.29, 0.717) is 0 Å². The molecule has 1 aliphatic rings. The fourth-order valence-electron chi connectivity index (χ4n) is 3.91. The number of nitrogens with zero attached hydrogens (tertiary/aromatic N) is 1. The number of aryl methyl sites for hydroxylation is 2. The molecular weight excluding hydrogens is 456 g/mol. The summed E-state index contributed by atoms with van der Waals surface area (Å²) in [6.45, 7) is 17.8. The maximum atomic E-state index is 6.81. The van der Waals surface area contributed by atoms with Crippen molar-refractivity contribution in [1.29, 1.82) is 0 Å². The Hall–Kier alpha value is -1.05. The van der Waals surface area contributed by atoms with Crippen molar-refractivity contribution >= 4 is 21.2 Å². The summed E-state index contributed by atoms with van der Waals surface area (Å²) in [5.41, 5.74) is 7.40. The summed E-state index contributed by atoms with van der Waals surface area (Å²) >= 11 is 3.32. The summed E-state index contributed by atoms with van der Waals surface area (Å²) in [4.78, 5) is 0. The number of rotatable bonds is 1. The molecule has 2 aromatic rings. The number of benzene rings is 2. The van der Waals surface area contributed by atoms with E-state index in [-0.39, 0.29) is 10.8 Å². The topological polar surface area (TPSA) is 21.7 Å². The summed E-state index contributed by atoms with van der Waals surface area (Å²) in [6, 6.07) is 9.08. The molecule has 0 aliphatic carbocycles. The van der Waals surface area contributed by atoms with Gasteiger partial charge in [0.15, 0.2) is 0 Å². The molecule has 5 heteroatoms. The molecule has 164 valence electrons. The summed E-state index contributed by atoms with van der Waals surface area (Å²) in [5, 5.41) is 0. The monoisotopic (exact) mass is 493 g/mol. The molecular formula is C25H36NO2PSe. The van der Waals surface area contributed by atoms with E-state index in [9.17, 15) is 0 Å². The normalized spacial score (nSPS) is 16.1. The predicted octanol–water partition coefficient (Wildman–Crippen LogP) is 6.67. The first-order valence-corrected chi connectivity index (χ1v) is 14.4. The van der Waals surface area contributed by atoms with Crippen LogP contribution in [-0.2, 0) is 17.3 Å². The van der Waals surface area contributed by atoms with Gasteiger partial charge in [-0.1, -0.05) is 0 Å². The van der Waals surface area contributed by atoms with E-state index < -0.39 is 6.11 Å². The van der Waals surface area contributed by atoms with Gasteiger partial charge in [0.25, 0.3) is 0 Å². The van der Waals surface area contributed by atoms with Crippen molar-refractivity contribution in [3.8, 4) is 11.5 Å². The molecule has 2 aromatic carbocycles. The molecule has 0 bridgehead atoms. The zero-order valence-corrected chi connectivity index (χ0v) is 22.7. The van der Waals surface area contributed by atoms with Gasteiger partial charge in [-0.05, 0) is 0 Å². The molecule has 0 radical (unpaired) electrons. The van der Waals surface area contributed by atoms with Crippen LogP contribution in [0.3, 0.4) is 0 Å². The van der Waals surface area contributed by atoms with Crippen LogP contribution >= 0.6 is 6.11 Å². The molecule has 30 heavy (non-hydrogen) atoms. The quantitative estimate of drug-likeness (QED) is 0.328. The fourth-order valence-corrected chi connectivity index (χ4v) is 6.10. The summed E-state index contributed by atoms with van der Waals surface area (Å²) in [7, 11) is 4.06. The van der Waals surface area contributed by atoms with Crippen LogP contribution in [0.25, 0.3) is 0 Å². The zero-order chi connectivity index (χ0) is 22.6. The Bertz CT molecular complexity index is 953. The van der Waals surface area contributed by atoms with E-state index >= 15 is 0 Å². The van der Waals surface area contributed by atoms with E-state index in [0.717, 1.165) is 17.9 Å². The molecule has 0 saturated carbocycles. The molecule has 1 heterocycles. The number of fused-ring (bicyclic) bond motifs is 2. The summed E-state index contributed by atoms with van der Waals surface area (Å²) < 4.78 is 15.7. The molecule has 0 aromatic heterocycles. The van der Waals surface area contributed by atoms with Gasteiger partial charge in [-0.15, -0.1) is 0 Å². The fraction of sp³-hybridized carbons (Fsp3) is 0.520. The predicted molar refractivity (Wildman–Crippen MR) is 130 cm³/mol. The first kappa shape index (κ1) is 23.6. The molecule has 0 amide bonds. The van der Waals surface area contributed by atoms with Crippen LogP contribution in [0.15, 0.2) is 24.3 Å². The van der Waals surface area contributed by atoms with Crippen molar-refractivity contribution in [1.82, 2.24) is 4.67 Å². The molecule has 3 nitrogen and oxygen atoms in total. The van der Waals surface area contributed by atoms with E-state index in [1.807, 2.05) is 14.1 Å². The number of hydrogen-bond acceptors (Lipinski definition) is 3. The second kappa shape index (κ2) is 7.82. The van der Waals surface area contributed by atoms with Gasteiger partial charge in [-0.3, -0.25) is 0 Å². The Balaban J connectivity index is 2.39. The van der Waals surface area contributed by atoms with Gasteiger partial charge in [-0.25, -0.2) is 0 Å². The molecule has 0 fully saturated rings. The van der Waals surface area contributed by atoms with E-state index in [1.54, 1.807) is 0 Å². The SMILES string of the molecule is Cc1cc2c(c(C(C)(C)C)c1)OP(=[Se])(N(C)C)Oc1c(cc(C)cc1C(C)(C)C)C2. The molecule has 3 rings (SSSR count). The van der Waals surface area contributed by atoms with Gasteiger partial charge in [-0.2, -0.15) is 0 Å². The summed E-state index contributed by atoms with van der Waals surface area (Å²) in [5.74, 6) is 1.94. The van der Waals surface area contributed by atoms with Crippen LogP contribution in [0.1, 0.15) is 74.9 Å². The van der Waals surface area contributed by atoms with E-state index in [2.05, 4.69) is 99.4 Å². The van der Waals surface area contributed by atoms with Crippen molar-refractivity contribution in [3.05, 3.63) is 57.6 Å². The Kier molecular flexibility index (Phi) is 6.15. The van der Waals surface area contributed by atoms with Gasteiger partial charge in [0, 0.05) is 0 Å². The Morgan fingerprint density at radius 1 is 0.767 bits per heavy atom. The third kappa shape index (κ3) is 4.58. The average molecular weight is 493 g/mol. The third-order valence-corrected chi connectivity index (χ3v) is 10.3. The van der Waals surface area contributed by atoms with Crippen molar-refractivity contribution in [3.63, 3.8) is 0 Å². The molecule has 0 atom stereocenters. The summed E-state index contributed by atoms with van der Waals surface area (Å²) in [6.07, 6.45) is -1.69. The van der Waals surface area contributed by atoms with Crippen LogP contribution < -0.4 is 9.05 Å². The van der Waals surface area contributed by atoms with Gasteiger partial charge >= 0.3 is 191 Å². The number of hydrogen-bond donors (Lipinski definition) is 0. The minimum absolute atomic E-state index is 0.0293. The van der Waals surface area contributed by atoms with Crippen molar-refractivity contribution in [2.24, 2.45) is 0 Å². The Morgan fingerprint density at radius 2 is 1.13 bits per heavy atom. The maximum absolute atomic E-state index is 6.81. The first-order valence-electron chi connectivity index (χ1n) is 10.6. The second-order valence-corrected chi connectivity index (χ2v) is 15.8. The zero-order valence-electron chi connectivity index (χ0n) is 20.1. The van der Waals surface area contributed by atoms with Gasteiger partial charge < -0.3 is 0 Å². The molecule has 0 saturated heterocycles. The van der Waals surface area contributed by atoms with Gasteiger partial charge in [0.1, 0.15) is 0 Å². The Morgan fingerprint density at radius 3 is 1.43 bits per heavy atom. The third-order valence-electron chi connectivity index (χ3n) is 5.52. The Labute approximate surface area is 190 Å². The minimum atomic E-state index is -2.49. The van der Waals surface area contributed by atoms with Crippen LogP contribution in [0.4, 0.5) is 0 Å². The van der Waals surface area contributed by atoms with Crippen LogP contribution in [0.2, 0.25) is 0 Å². The van der Waals surface area contributed by atoms with Crippen molar-refractivity contribution < 1.29 is 9.05 Å². The second-order valence-electron chi connectivity index (χ2n) is 10.8. The average Bonchev–Trinajstić information content (AvgIpc) is 2.55. The van der Waals surface area contributed by atoms with E-state index in [1.165, 1.54) is 33.4 Å². The molecule has 0 N–H and O–H groups in total.